The third kappa shape index (κ3) is 3.49. The number of nitrogens with one attached hydrogen (secondary N) is 1. The Morgan fingerprint density at radius 3 is 2.74 bits per heavy atom. The number of hydrogen-bond acceptors (Lipinski definition) is 2. The number of carbonyl (C=O) groups is 1. The van der Waals surface area contributed by atoms with Crippen molar-refractivity contribution < 1.29 is 4.79 Å². The molecule has 0 saturated heterocycles. The second-order valence-electron chi connectivity index (χ2n) is 4.00. The smallest absolute Gasteiger partial charge is 0.249 e. The van der Waals surface area contributed by atoms with E-state index in [4.69, 9.17) is 17.3 Å². The van der Waals surface area contributed by atoms with Gasteiger partial charge in [-0.15, -0.1) is 0 Å². The van der Waals surface area contributed by atoms with Crippen LogP contribution >= 0.6 is 27.5 Å². The van der Waals surface area contributed by atoms with Crippen LogP contribution in [0.1, 0.15) is 15.9 Å². The van der Waals surface area contributed by atoms with Crippen LogP contribution in [0.4, 0.5) is 5.69 Å². The zero-order chi connectivity index (χ0) is 13.8. The van der Waals surface area contributed by atoms with Gasteiger partial charge in [0.25, 0.3) is 0 Å². The second kappa shape index (κ2) is 6.08. The van der Waals surface area contributed by atoms with Gasteiger partial charge >= 0.3 is 0 Å². The van der Waals surface area contributed by atoms with Crippen molar-refractivity contribution in [2.75, 3.05) is 5.32 Å². The maximum Gasteiger partial charge on any atom is 0.249 e. The van der Waals surface area contributed by atoms with Gasteiger partial charge in [-0.3, -0.25) is 4.79 Å². The fourth-order valence-corrected chi connectivity index (χ4v) is 2.28. The van der Waals surface area contributed by atoms with E-state index in [1.807, 2.05) is 24.3 Å². The van der Waals surface area contributed by atoms with Gasteiger partial charge in [-0.05, 0) is 29.8 Å². The van der Waals surface area contributed by atoms with E-state index in [2.05, 4.69) is 21.2 Å². The van der Waals surface area contributed by atoms with Crippen LogP contribution in [0.2, 0.25) is 5.02 Å². The number of amides is 1. The van der Waals surface area contributed by atoms with Gasteiger partial charge in [0, 0.05) is 16.6 Å². The van der Waals surface area contributed by atoms with Crippen LogP contribution in [0.15, 0.2) is 46.9 Å². The largest absolute Gasteiger partial charge is 0.380 e. The lowest BCUT2D eigenvalue weighted by Gasteiger charge is -2.11. The number of benzene rings is 2. The maximum atomic E-state index is 11.3. The molecule has 98 valence electrons. The Morgan fingerprint density at radius 1 is 1.26 bits per heavy atom. The van der Waals surface area contributed by atoms with Gasteiger partial charge in [0.05, 0.1) is 10.7 Å². The van der Waals surface area contributed by atoms with Crippen molar-refractivity contribution in [3.05, 3.63) is 63.1 Å². The minimum absolute atomic E-state index is 0.433. The number of carbonyl (C=O) groups excluding carboxylic acids is 1. The van der Waals surface area contributed by atoms with Crippen LogP contribution in [0.3, 0.4) is 0 Å². The molecule has 0 fully saturated rings. The number of primary amides is 1. The van der Waals surface area contributed by atoms with E-state index in [9.17, 15) is 4.79 Å². The summed E-state index contributed by atoms with van der Waals surface area (Å²) in [5, 5.41) is 3.82. The molecule has 0 atom stereocenters. The summed E-state index contributed by atoms with van der Waals surface area (Å²) in [4.78, 5) is 11.3. The first-order chi connectivity index (χ1) is 9.08. The van der Waals surface area contributed by atoms with Gasteiger partial charge < -0.3 is 11.1 Å². The molecular formula is C14H12BrClN2O. The molecule has 0 heterocycles. The highest BCUT2D eigenvalue weighted by Crippen LogP contribution is 2.26. The van der Waals surface area contributed by atoms with Crippen molar-refractivity contribution in [3.63, 3.8) is 0 Å². The summed E-state index contributed by atoms with van der Waals surface area (Å²) in [6, 6.07) is 12.8. The standard InChI is InChI=1S/C14H12BrClN2O/c15-10-5-6-12(16)13(7-10)18-8-9-3-1-2-4-11(9)14(17)19/h1-7,18H,8H2,(H2,17,19). The van der Waals surface area contributed by atoms with E-state index >= 15 is 0 Å². The first-order valence-electron chi connectivity index (χ1n) is 5.64. The minimum atomic E-state index is -0.433. The van der Waals surface area contributed by atoms with Crippen LogP contribution < -0.4 is 11.1 Å². The molecule has 0 spiro atoms. The van der Waals surface area contributed by atoms with Gasteiger partial charge in [-0.25, -0.2) is 0 Å². The minimum Gasteiger partial charge on any atom is -0.380 e. The Balaban J connectivity index is 2.19. The number of rotatable bonds is 4. The summed E-state index contributed by atoms with van der Waals surface area (Å²) in [6.45, 7) is 0.481. The predicted molar refractivity (Wildman–Crippen MR) is 81.4 cm³/mol. The van der Waals surface area contributed by atoms with Crippen molar-refractivity contribution in [2.24, 2.45) is 5.73 Å². The summed E-state index contributed by atoms with van der Waals surface area (Å²) < 4.78 is 0.933. The zero-order valence-electron chi connectivity index (χ0n) is 9.99. The number of anilines is 1. The molecule has 3 N–H and O–H groups in total. The van der Waals surface area contributed by atoms with E-state index in [0.29, 0.717) is 17.1 Å². The first-order valence-corrected chi connectivity index (χ1v) is 6.81. The third-order valence-electron chi connectivity index (χ3n) is 2.68. The SMILES string of the molecule is NC(=O)c1ccccc1CNc1cc(Br)ccc1Cl. The molecule has 0 aliphatic heterocycles. The molecule has 2 aromatic carbocycles. The average Bonchev–Trinajstić information content (AvgIpc) is 2.40. The summed E-state index contributed by atoms with van der Waals surface area (Å²) in [5.74, 6) is -0.433. The molecule has 0 aromatic heterocycles. The molecule has 2 rings (SSSR count). The normalized spacial score (nSPS) is 10.2. The Bertz CT molecular complexity index is 616. The molecule has 1 amide bonds. The molecule has 0 unspecified atom stereocenters. The monoisotopic (exact) mass is 338 g/mol. The van der Waals surface area contributed by atoms with Crippen LogP contribution in [-0.2, 0) is 6.54 Å². The molecule has 0 bridgehead atoms. The summed E-state index contributed by atoms with van der Waals surface area (Å²) in [6.07, 6.45) is 0. The summed E-state index contributed by atoms with van der Waals surface area (Å²) >= 11 is 9.48. The lowest BCUT2D eigenvalue weighted by Crippen LogP contribution is -2.15. The molecule has 0 radical (unpaired) electrons. The van der Waals surface area contributed by atoms with E-state index in [0.717, 1.165) is 15.7 Å². The second-order valence-corrected chi connectivity index (χ2v) is 5.32. The van der Waals surface area contributed by atoms with Gasteiger partial charge in [0.15, 0.2) is 0 Å². The van der Waals surface area contributed by atoms with Gasteiger partial charge in [-0.2, -0.15) is 0 Å². The van der Waals surface area contributed by atoms with Crippen molar-refractivity contribution in [1.29, 1.82) is 0 Å². The van der Waals surface area contributed by atoms with Gasteiger partial charge in [0.1, 0.15) is 0 Å². The quantitative estimate of drug-likeness (QED) is 0.890. The van der Waals surface area contributed by atoms with E-state index in [1.165, 1.54) is 0 Å². The molecule has 5 heteroatoms. The molecule has 0 saturated carbocycles. The summed E-state index contributed by atoms with van der Waals surface area (Å²) in [7, 11) is 0. The lowest BCUT2D eigenvalue weighted by atomic mass is 10.1. The number of nitrogens with two attached hydrogens (primary N) is 1. The van der Waals surface area contributed by atoms with Gasteiger partial charge in [0.2, 0.25) is 5.91 Å². The van der Waals surface area contributed by atoms with Crippen molar-refractivity contribution >= 4 is 39.1 Å². The summed E-state index contributed by atoms with van der Waals surface area (Å²) in [5.41, 5.74) is 7.49. The lowest BCUT2D eigenvalue weighted by molar-refractivity contribution is 0.0999. The molecule has 0 aliphatic carbocycles. The maximum absolute atomic E-state index is 11.3. The molecule has 0 aliphatic rings. The Morgan fingerprint density at radius 2 is 2.00 bits per heavy atom. The van der Waals surface area contributed by atoms with Crippen LogP contribution in [0, 0.1) is 0 Å². The fourth-order valence-electron chi connectivity index (χ4n) is 1.74. The zero-order valence-corrected chi connectivity index (χ0v) is 12.3. The molecule has 2 aromatic rings. The van der Waals surface area contributed by atoms with Crippen molar-refractivity contribution in [1.82, 2.24) is 0 Å². The van der Waals surface area contributed by atoms with Crippen LogP contribution in [-0.4, -0.2) is 5.91 Å². The van der Waals surface area contributed by atoms with Crippen molar-refractivity contribution in [2.45, 2.75) is 6.54 Å². The Labute approximate surface area is 124 Å². The number of halogens is 2. The topological polar surface area (TPSA) is 55.1 Å². The Hall–Kier alpha value is -1.52. The van der Waals surface area contributed by atoms with E-state index < -0.39 is 5.91 Å². The molecular weight excluding hydrogens is 328 g/mol. The van der Waals surface area contributed by atoms with Crippen LogP contribution in [0.25, 0.3) is 0 Å². The van der Waals surface area contributed by atoms with Crippen LogP contribution in [0.5, 0.6) is 0 Å². The average molecular weight is 340 g/mol. The van der Waals surface area contributed by atoms with E-state index in [1.54, 1.807) is 18.2 Å². The van der Waals surface area contributed by atoms with Crippen molar-refractivity contribution in [3.8, 4) is 0 Å². The molecule has 3 nitrogen and oxygen atoms in total. The predicted octanol–water partition coefficient (Wildman–Crippen LogP) is 3.81. The third-order valence-corrected chi connectivity index (χ3v) is 3.50. The molecule has 19 heavy (non-hydrogen) atoms. The number of hydrogen-bond donors (Lipinski definition) is 2. The van der Waals surface area contributed by atoms with E-state index in [-0.39, 0.29) is 0 Å². The first kappa shape index (κ1) is 13.9. The Kier molecular flexibility index (Phi) is 4.45. The highest BCUT2D eigenvalue weighted by Gasteiger charge is 2.07. The fraction of sp³-hybridized carbons (Fsp3) is 0.0714. The highest BCUT2D eigenvalue weighted by atomic mass is 79.9. The van der Waals surface area contributed by atoms with Gasteiger partial charge in [-0.1, -0.05) is 45.7 Å². The highest BCUT2D eigenvalue weighted by molar-refractivity contribution is 9.10.